The van der Waals surface area contributed by atoms with E-state index < -0.39 is 16.3 Å². The fraction of sp³-hybridized carbons (Fsp3) is 0. The smallest absolute Gasteiger partial charge is 0.270 e. The minimum absolute atomic E-state index is 0.0624. The minimum atomic E-state index is -0.550. The summed E-state index contributed by atoms with van der Waals surface area (Å²) in [5.41, 5.74) is 1.47. The average Bonchev–Trinajstić information content (AvgIpc) is 2.77. The lowest BCUT2D eigenvalue weighted by atomic mass is 9.93. The monoisotopic (exact) mass is 474 g/mol. The lowest BCUT2D eigenvalue weighted by molar-refractivity contribution is -0.384. The van der Waals surface area contributed by atoms with Crippen molar-refractivity contribution in [2.45, 2.75) is 0 Å². The maximum atomic E-state index is 13.1. The second kappa shape index (κ2) is 8.49. The number of nitrogens with zero attached hydrogens (tertiary/aromatic N) is 1. The normalized spacial score (nSPS) is 11.1. The molecular weight excluding hydrogens is 460 g/mol. The number of hydrogen-bond acceptors (Lipinski definition) is 4. The Morgan fingerprint density at radius 2 is 1.71 bits per heavy atom. The van der Waals surface area contributed by atoms with Crippen molar-refractivity contribution in [3.63, 3.8) is 0 Å². The zero-order valence-corrected chi connectivity index (χ0v) is 17.6. The molecule has 0 saturated carbocycles. The van der Waals surface area contributed by atoms with Gasteiger partial charge in [-0.3, -0.25) is 19.7 Å². The average molecular weight is 475 g/mol. The summed E-state index contributed by atoms with van der Waals surface area (Å²) >= 11 is 3.36. The third kappa shape index (κ3) is 4.22. The molecule has 4 rings (SSSR count). The van der Waals surface area contributed by atoms with Gasteiger partial charge in [0.2, 0.25) is 0 Å². The first-order chi connectivity index (χ1) is 14.9. The summed E-state index contributed by atoms with van der Waals surface area (Å²) in [7, 11) is 0. The van der Waals surface area contributed by atoms with Gasteiger partial charge in [0.15, 0.2) is 5.78 Å². The Labute approximate surface area is 185 Å². The summed E-state index contributed by atoms with van der Waals surface area (Å²) in [6.07, 6.45) is 2.96. The number of nitro groups is 1. The van der Waals surface area contributed by atoms with Crippen LogP contribution < -0.4 is 5.56 Å². The fourth-order valence-corrected chi connectivity index (χ4v) is 3.63. The number of hydrogen-bond donors (Lipinski definition) is 1. The number of rotatable bonds is 5. The molecule has 7 heteroatoms. The summed E-state index contributed by atoms with van der Waals surface area (Å²) in [6.45, 7) is 0. The van der Waals surface area contributed by atoms with Gasteiger partial charge in [-0.25, -0.2) is 0 Å². The number of fused-ring (bicyclic) bond motifs is 1. The van der Waals surface area contributed by atoms with E-state index in [0.29, 0.717) is 22.0 Å². The Balaban J connectivity index is 1.94. The van der Waals surface area contributed by atoms with E-state index >= 15 is 0 Å². The van der Waals surface area contributed by atoms with Crippen LogP contribution in [0.4, 0.5) is 5.69 Å². The highest BCUT2D eigenvalue weighted by Crippen LogP contribution is 2.32. The molecule has 0 unspecified atom stereocenters. The van der Waals surface area contributed by atoms with Gasteiger partial charge >= 0.3 is 0 Å². The molecular formula is C24H15BrN2O4. The molecule has 0 saturated heterocycles. The van der Waals surface area contributed by atoms with Crippen LogP contribution in [-0.4, -0.2) is 15.7 Å². The predicted molar refractivity (Wildman–Crippen MR) is 124 cm³/mol. The molecule has 0 amide bonds. The third-order valence-electron chi connectivity index (χ3n) is 4.81. The number of H-pyrrole nitrogens is 1. The predicted octanol–water partition coefficient (Wildman–Crippen LogP) is 5.76. The lowest BCUT2D eigenvalue weighted by Gasteiger charge is -2.11. The Bertz CT molecular complexity index is 1390. The van der Waals surface area contributed by atoms with Gasteiger partial charge in [0, 0.05) is 33.1 Å². The van der Waals surface area contributed by atoms with Crippen LogP contribution in [0.5, 0.6) is 0 Å². The van der Waals surface area contributed by atoms with Crippen LogP contribution in [0.2, 0.25) is 0 Å². The van der Waals surface area contributed by atoms with Crippen LogP contribution in [0, 0.1) is 10.1 Å². The van der Waals surface area contributed by atoms with Crippen LogP contribution in [0.15, 0.2) is 88.1 Å². The highest BCUT2D eigenvalue weighted by Gasteiger charge is 2.21. The van der Waals surface area contributed by atoms with Gasteiger partial charge in [0.25, 0.3) is 11.2 Å². The SMILES string of the molecule is O=C(C=Cc1ccc(Br)cc1)c1c(-c2ccccc2)c2cc([N+](=O)[O-])ccc2[nH]c1=O. The molecule has 0 bridgehead atoms. The van der Waals surface area contributed by atoms with Crippen LogP contribution in [0.1, 0.15) is 15.9 Å². The van der Waals surface area contributed by atoms with Crippen LogP contribution in [0.25, 0.3) is 28.1 Å². The van der Waals surface area contributed by atoms with Gasteiger partial charge in [-0.15, -0.1) is 0 Å². The fourth-order valence-electron chi connectivity index (χ4n) is 3.36. The van der Waals surface area contributed by atoms with E-state index in [1.54, 1.807) is 30.3 Å². The number of allylic oxidation sites excluding steroid dienone is 1. The molecule has 0 spiro atoms. The van der Waals surface area contributed by atoms with E-state index in [-0.39, 0.29) is 11.3 Å². The van der Waals surface area contributed by atoms with Crippen molar-refractivity contribution in [2.75, 3.05) is 0 Å². The van der Waals surface area contributed by atoms with Crippen LogP contribution in [-0.2, 0) is 0 Å². The summed E-state index contributed by atoms with van der Waals surface area (Å²) in [5.74, 6) is -0.489. The van der Waals surface area contributed by atoms with Crippen LogP contribution >= 0.6 is 15.9 Å². The second-order valence-corrected chi connectivity index (χ2v) is 7.72. The van der Waals surface area contributed by atoms with Gasteiger partial charge < -0.3 is 4.98 Å². The topological polar surface area (TPSA) is 93.1 Å². The van der Waals surface area contributed by atoms with E-state index in [9.17, 15) is 19.7 Å². The van der Waals surface area contributed by atoms with Crippen molar-refractivity contribution in [1.29, 1.82) is 0 Å². The van der Waals surface area contributed by atoms with Gasteiger partial charge in [-0.05, 0) is 35.4 Å². The Kier molecular flexibility index (Phi) is 5.60. The van der Waals surface area contributed by atoms with Crippen molar-refractivity contribution >= 4 is 44.4 Å². The minimum Gasteiger partial charge on any atom is -0.321 e. The molecule has 1 N–H and O–H groups in total. The molecule has 152 valence electrons. The number of aromatic amines is 1. The first-order valence-electron chi connectivity index (χ1n) is 9.32. The number of carbonyl (C=O) groups is 1. The number of non-ortho nitro benzene ring substituents is 1. The number of aromatic nitrogens is 1. The largest absolute Gasteiger partial charge is 0.321 e. The molecule has 3 aromatic carbocycles. The second-order valence-electron chi connectivity index (χ2n) is 6.81. The quantitative estimate of drug-likeness (QED) is 0.172. The Hall–Kier alpha value is -3.84. The molecule has 0 radical (unpaired) electrons. The Morgan fingerprint density at radius 3 is 2.39 bits per heavy atom. The number of nitro benzene ring substituents is 1. The first-order valence-corrected chi connectivity index (χ1v) is 10.1. The summed E-state index contributed by atoms with van der Waals surface area (Å²) in [4.78, 5) is 39.5. The molecule has 0 fully saturated rings. The number of halogens is 1. The third-order valence-corrected chi connectivity index (χ3v) is 5.34. The van der Waals surface area contributed by atoms with Gasteiger partial charge in [-0.1, -0.05) is 64.5 Å². The zero-order chi connectivity index (χ0) is 22.0. The summed E-state index contributed by atoms with van der Waals surface area (Å²) in [6, 6.07) is 20.5. The first kappa shape index (κ1) is 20.4. The van der Waals surface area contributed by atoms with E-state index in [2.05, 4.69) is 20.9 Å². The van der Waals surface area contributed by atoms with Crippen molar-refractivity contribution in [3.8, 4) is 11.1 Å². The standard InChI is InChI=1S/C24H15BrN2O4/c25-17-9-6-15(7-10-17)8-13-21(28)23-22(16-4-2-1-3-5-16)19-14-18(27(30)31)11-12-20(19)26-24(23)29/h1-14H,(H,26,29). The van der Waals surface area contributed by atoms with Crippen LogP contribution in [0.3, 0.4) is 0 Å². The summed E-state index contributed by atoms with van der Waals surface area (Å²) < 4.78 is 0.912. The number of ketones is 1. The van der Waals surface area contributed by atoms with Crippen molar-refractivity contribution < 1.29 is 9.72 Å². The molecule has 0 aliphatic carbocycles. The number of pyridine rings is 1. The molecule has 0 aliphatic heterocycles. The molecule has 6 nitrogen and oxygen atoms in total. The molecule has 1 heterocycles. The van der Waals surface area contributed by atoms with Gasteiger partial charge in [0.05, 0.1) is 10.5 Å². The van der Waals surface area contributed by atoms with Gasteiger partial charge in [-0.2, -0.15) is 0 Å². The number of nitrogens with one attached hydrogen (secondary N) is 1. The molecule has 0 atom stereocenters. The maximum Gasteiger partial charge on any atom is 0.270 e. The molecule has 4 aromatic rings. The van der Waals surface area contributed by atoms with Crippen molar-refractivity contribution in [3.05, 3.63) is 115 Å². The Morgan fingerprint density at radius 1 is 1.00 bits per heavy atom. The van der Waals surface area contributed by atoms with Crippen molar-refractivity contribution in [1.82, 2.24) is 4.98 Å². The van der Waals surface area contributed by atoms with Crippen molar-refractivity contribution in [2.24, 2.45) is 0 Å². The van der Waals surface area contributed by atoms with E-state index in [1.165, 1.54) is 24.3 Å². The zero-order valence-electron chi connectivity index (χ0n) is 16.0. The lowest BCUT2D eigenvalue weighted by Crippen LogP contribution is -2.18. The van der Waals surface area contributed by atoms with E-state index in [1.807, 2.05) is 30.3 Å². The molecule has 31 heavy (non-hydrogen) atoms. The summed E-state index contributed by atoms with van der Waals surface area (Å²) in [5, 5.41) is 11.7. The number of benzene rings is 3. The van der Waals surface area contributed by atoms with E-state index in [0.717, 1.165) is 10.0 Å². The highest BCUT2D eigenvalue weighted by molar-refractivity contribution is 9.10. The van der Waals surface area contributed by atoms with E-state index in [4.69, 9.17) is 0 Å². The maximum absolute atomic E-state index is 13.1. The number of carbonyl (C=O) groups excluding carboxylic acids is 1. The highest BCUT2D eigenvalue weighted by atomic mass is 79.9. The molecule has 1 aromatic heterocycles. The van der Waals surface area contributed by atoms with Gasteiger partial charge in [0.1, 0.15) is 0 Å². The molecule has 0 aliphatic rings.